The summed E-state index contributed by atoms with van der Waals surface area (Å²) >= 11 is 0. The molecule has 0 spiro atoms. The Balaban J connectivity index is 0.000000774. The maximum absolute atomic E-state index is 11.9. The first-order valence-electron chi connectivity index (χ1n) is 7.20. The molecule has 0 aromatic heterocycles. The zero-order chi connectivity index (χ0) is 15.2. The Morgan fingerprint density at radius 1 is 1.10 bits per heavy atom. The Morgan fingerprint density at radius 3 is 2.62 bits per heavy atom. The smallest absolute Gasteiger partial charge is 0.323 e. The van der Waals surface area contributed by atoms with E-state index in [0.717, 1.165) is 22.5 Å². The van der Waals surface area contributed by atoms with Crippen molar-refractivity contribution in [1.82, 2.24) is 0 Å². The van der Waals surface area contributed by atoms with Crippen molar-refractivity contribution in [2.45, 2.75) is 20.3 Å². The molecule has 0 saturated heterocycles. The molecule has 2 aliphatic rings. The second-order valence-electron chi connectivity index (χ2n) is 4.46. The maximum atomic E-state index is 11.9. The lowest BCUT2D eigenvalue weighted by molar-refractivity contribution is 0.255. The lowest BCUT2D eigenvalue weighted by atomic mass is 10.1. The zero-order valence-corrected chi connectivity index (χ0v) is 12.4. The number of para-hydroxylation sites is 1. The highest BCUT2D eigenvalue weighted by molar-refractivity contribution is 5.97. The molecule has 1 aromatic rings. The van der Waals surface area contributed by atoms with Crippen molar-refractivity contribution in [3.8, 4) is 0 Å². The van der Waals surface area contributed by atoms with E-state index in [1.54, 1.807) is 4.90 Å². The Hall–Kier alpha value is -2.55. The van der Waals surface area contributed by atoms with Gasteiger partial charge in [0.25, 0.3) is 0 Å². The summed E-state index contributed by atoms with van der Waals surface area (Å²) in [5.74, 6) is 0. The van der Waals surface area contributed by atoms with E-state index in [1.807, 2.05) is 74.6 Å². The third kappa shape index (κ3) is 2.97. The van der Waals surface area contributed by atoms with Crippen LogP contribution >= 0.6 is 0 Å². The predicted molar refractivity (Wildman–Crippen MR) is 88.8 cm³/mol. The zero-order valence-electron chi connectivity index (χ0n) is 12.4. The van der Waals surface area contributed by atoms with Crippen LogP contribution in [0.5, 0.6) is 0 Å². The lowest BCUT2D eigenvalue weighted by Gasteiger charge is -2.24. The van der Waals surface area contributed by atoms with E-state index < -0.39 is 6.03 Å². The molecule has 0 fully saturated rings. The van der Waals surface area contributed by atoms with Crippen LogP contribution in [0.1, 0.15) is 25.8 Å². The monoisotopic (exact) mass is 280 g/mol. The van der Waals surface area contributed by atoms with Crippen LogP contribution in [-0.4, -0.2) is 6.03 Å². The minimum absolute atomic E-state index is 0.452. The highest BCUT2D eigenvalue weighted by Crippen LogP contribution is 2.33. The largest absolute Gasteiger partial charge is 0.351 e. The molecular formula is C18H20N2O. The van der Waals surface area contributed by atoms with Crippen molar-refractivity contribution in [3.05, 3.63) is 71.5 Å². The van der Waals surface area contributed by atoms with Gasteiger partial charge in [0.15, 0.2) is 0 Å². The van der Waals surface area contributed by atoms with Gasteiger partial charge in [-0.2, -0.15) is 0 Å². The fraction of sp³-hybridized carbons (Fsp3) is 0.167. The van der Waals surface area contributed by atoms with Crippen LogP contribution < -0.4 is 10.6 Å². The summed E-state index contributed by atoms with van der Waals surface area (Å²) < 4.78 is 0. The number of carbonyl (C=O) groups is 1. The predicted octanol–water partition coefficient (Wildman–Crippen LogP) is 4.39. The molecule has 1 aliphatic heterocycles. The van der Waals surface area contributed by atoms with Gasteiger partial charge in [0, 0.05) is 12.1 Å². The van der Waals surface area contributed by atoms with E-state index in [-0.39, 0.29) is 0 Å². The maximum Gasteiger partial charge on any atom is 0.323 e. The van der Waals surface area contributed by atoms with Gasteiger partial charge in [0.05, 0.1) is 5.69 Å². The summed E-state index contributed by atoms with van der Waals surface area (Å²) in [5, 5.41) is 0. The van der Waals surface area contributed by atoms with Gasteiger partial charge in [-0.05, 0) is 17.2 Å². The number of benzene rings is 1. The van der Waals surface area contributed by atoms with E-state index in [1.165, 1.54) is 0 Å². The van der Waals surface area contributed by atoms with Crippen LogP contribution in [0.25, 0.3) is 6.08 Å². The molecule has 0 unspecified atom stereocenters. The van der Waals surface area contributed by atoms with E-state index in [9.17, 15) is 4.79 Å². The molecular weight excluding hydrogens is 260 g/mol. The molecule has 0 radical (unpaired) electrons. The third-order valence-corrected chi connectivity index (χ3v) is 3.28. The van der Waals surface area contributed by atoms with Crippen LogP contribution in [0.4, 0.5) is 10.5 Å². The lowest BCUT2D eigenvalue weighted by Crippen LogP contribution is -2.35. The summed E-state index contributed by atoms with van der Waals surface area (Å²) in [6.45, 7) is 4.00. The number of urea groups is 1. The van der Waals surface area contributed by atoms with Gasteiger partial charge < -0.3 is 5.73 Å². The highest BCUT2D eigenvalue weighted by atomic mass is 16.2. The molecule has 1 heterocycles. The fourth-order valence-corrected chi connectivity index (χ4v) is 2.41. The topological polar surface area (TPSA) is 46.3 Å². The summed E-state index contributed by atoms with van der Waals surface area (Å²) in [6, 6.07) is 7.31. The van der Waals surface area contributed by atoms with Gasteiger partial charge in [0.1, 0.15) is 0 Å². The van der Waals surface area contributed by atoms with Crippen LogP contribution in [0.3, 0.4) is 0 Å². The first kappa shape index (κ1) is 14.9. The standard InChI is InChI=1S/C16H14N2O.C2H6/c17-16(19)18-14-8-3-1-2-6-12(14)10-11-13-7-4-5-9-15(13)18;1-2/h1-7,9-11H,8H2,(H2,17,19);1-2H3. The van der Waals surface area contributed by atoms with Gasteiger partial charge >= 0.3 is 6.03 Å². The third-order valence-electron chi connectivity index (χ3n) is 3.28. The number of amides is 2. The number of primary amides is 1. The van der Waals surface area contributed by atoms with Crippen molar-refractivity contribution < 1.29 is 4.79 Å². The summed E-state index contributed by atoms with van der Waals surface area (Å²) in [6.07, 6.45) is 12.7. The molecule has 0 saturated carbocycles. The van der Waals surface area contributed by atoms with Gasteiger partial charge in [-0.25, -0.2) is 4.79 Å². The van der Waals surface area contributed by atoms with Gasteiger partial charge in [-0.15, -0.1) is 0 Å². The molecule has 1 aliphatic carbocycles. The number of hydrogen-bond acceptors (Lipinski definition) is 1. The summed E-state index contributed by atoms with van der Waals surface area (Å²) in [5.41, 5.74) is 9.34. The minimum atomic E-state index is -0.452. The van der Waals surface area contributed by atoms with E-state index >= 15 is 0 Å². The first-order chi connectivity index (χ1) is 10.3. The molecule has 3 heteroatoms. The van der Waals surface area contributed by atoms with E-state index in [2.05, 4.69) is 0 Å². The molecule has 3 rings (SSSR count). The van der Waals surface area contributed by atoms with Crippen molar-refractivity contribution in [3.63, 3.8) is 0 Å². The Kier molecular flexibility index (Phi) is 4.77. The average molecular weight is 280 g/mol. The van der Waals surface area contributed by atoms with Crippen molar-refractivity contribution in [2.75, 3.05) is 4.90 Å². The average Bonchev–Trinajstić information content (AvgIpc) is 2.81. The Labute approximate surface area is 125 Å². The van der Waals surface area contributed by atoms with Crippen LogP contribution in [0.2, 0.25) is 0 Å². The number of nitrogens with two attached hydrogens (primary N) is 1. The number of anilines is 1. The number of hydrogen-bond donors (Lipinski definition) is 1. The molecule has 108 valence electrons. The van der Waals surface area contributed by atoms with Crippen molar-refractivity contribution in [2.24, 2.45) is 5.73 Å². The second kappa shape index (κ2) is 6.75. The van der Waals surface area contributed by atoms with Gasteiger partial charge in [-0.3, -0.25) is 4.90 Å². The molecule has 0 bridgehead atoms. The quantitative estimate of drug-likeness (QED) is 0.752. The first-order valence-corrected chi connectivity index (χ1v) is 7.20. The molecule has 0 atom stereocenters. The van der Waals surface area contributed by atoms with Crippen LogP contribution in [-0.2, 0) is 0 Å². The number of allylic oxidation sites excluding steroid dienone is 6. The number of fused-ring (bicyclic) bond motifs is 1. The number of carbonyl (C=O) groups excluding carboxylic acids is 1. The van der Waals surface area contributed by atoms with E-state index in [4.69, 9.17) is 5.73 Å². The van der Waals surface area contributed by atoms with Crippen molar-refractivity contribution in [1.29, 1.82) is 0 Å². The van der Waals surface area contributed by atoms with E-state index in [0.29, 0.717) is 6.42 Å². The van der Waals surface area contributed by atoms with Gasteiger partial charge in [0.2, 0.25) is 0 Å². The molecule has 2 N–H and O–H groups in total. The Bertz CT molecular complexity index is 651. The second-order valence-corrected chi connectivity index (χ2v) is 4.46. The summed E-state index contributed by atoms with van der Waals surface area (Å²) in [7, 11) is 0. The SMILES string of the molecule is CC.NC(=O)N1C2=C(C=CC=CC2)C=Cc2ccccc21. The van der Waals surface area contributed by atoms with Crippen LogP contribution in [0, 0.1) is 0 Å². The molecule has 2 amide bonds. The molecule has 21 heavy (non-hydrogen) atoms. The number of nitrogens with zero attached hydrogens (tertiary/aromatic N) is 1. The van der Waals surface area contributed by atoms with Crippen LogP contribution in [0.15, 0.2) is 65.9 Å². The molecule has 1 aromatic carbocycles. The summed E-state index contributed by atoms with van der Waals surface area (Å²) in [4.78, 5) is 13.5. The molecule has 3 nitrogen and oxygen atoms in total. The fourth-order valence-electron chi connectivity index (χ4n) is 2.41. The minimum Gasteiger partial charge on any atom is -0.351 e. The highest BCUT2D eigenvalue weighted by Gasteiger charge is 2.23. The Morgan fingerprint density at radius 2 is 1.86 bits per heavy atom. The van der Waals surface area contributed by atoms with Crippen molar-refractivity contribution >= 4 is 17.8 Å². The normalized spacial score (nSPS) is 15.4. The van der Waals surface area contributed by atoms with Gasteiger partial charge in [-0.1, -0.05) is 68.5 Å². The number of rotatable bonds is 0.